The quantitative estimate of drug-likeness (QED) is 0.638. The molecule has 3 N–H and O–H groups in total. The fourth-order valence-electron chi connectivity index (χ4n) is 2.98. The highest BCUT2D eigenvalue weighted by Gasteiger charge is 2.26. The van der Waals surface area contributed by atoms with Crippen molar-refractivity contribution in [2.24, 2.45) is 0 Å². The van der Waals surface area contributed by atoms with Crippen molar-refractivity contribution in [3.63, 3.8) is 0 Å². The molecule has 0 saturated heterocycles. The number of ether oxygens (including phenoxy) is 1. The lowest BCUT2D eigenvalue weighted by Gasteiger charge is -2.10. The van der Waals surface area contributed by atoms with E-state index in [1.807, 2.05) is 16.8 Å². The van der Waals surface area contributed by atoms with Crippen molar-refractivity contribution in [3.8, 4) is 5.75 Å². The summed E-state index contributed by atoms with van der Waals surface area (Å²) < 4.78 is 7.44. The monoisotopic (exact) mass is 348 g/mol. The van der Waals surface area contributed by atoms with Crippen LogP contribution in [0.25, 0.3) is 10.9 Å². The zero-order chi connectivity index (χ0) is 17.1. The number of aromatic nitrogens is 2. The van der Waals surface area contributed by atoms with Crippen LogP contribution in [0.5, 0.6) is 5.75 Å². The average Bonchev–Trinajstić information content (AvgIpc) is 3.29. The summed E-state index contributed by atoms with van der Waals surface area (Å²) in [4.78, 5) is 10.6. The minimum absolute atomic E-state index is 0. The van der Waals surface area contributed by atoms with Gasteiger partial charge in [0.1, 0.15) is 11.3 Å². The molecule has 3 rings (SSSR count). The third-order valence-corrected chi connectivity index (χ3v) is 4.28. The second-order valence-electron chi connectivity index (χ2n) is 6.21. The minimum atomic E-state index is -0.999. The normalized spacial score (nSPS) is 14.8. The van der Waals surface area contributed by atoms with Gasteiger partial charge in [0.15, 0.2) is 0 Å². The molecule has 2 aromatic rings. The first-order valence-electron chi connectivity index (χ1n) is 8.36. The maximum absolute atomic E-state index is 10.6. The number of fused-ring (bicyclic) bond motifs is 1. The predicted molar refractivity (Wildman–Crippen MR) is 98.2 cm³/mol. The number of benzene rings is 1. The number of rotatable bonds is 8. The summed E-state index contributed by atoms with van der Waals surface area (Å²) in [6.07, 6.45) is 2.13. The van der Waals surface area contributed by atoms with Gasteiger partial charge in [-0.1, -0.05) is 19.6 Å². The van der Waals surface area contributed by atoms with Gasteiger partial charge in [0, 0.05) is 30.6 Å². The Morgan fingerprint density at radius 1 is 1.48 bits per heavy atom. The Balaban J connectivity index is 0.00000225. The molecule has 138 valence electrons. The van der Waals surface area contributed by atoms with Gasteiger partial charge in [-0.2, -0.15) is 5.10 Å². The topological polar surface area (TPSA) is 88.4 Å². The maximum Gasteiger partial charge on any atom is 0.404 e. The van der Waals surface area contributed by atoms with E-state index in [4.69, 9.17) is 14.9 Å². The van der Waals surface area contributed by atoms with Crippen LogP contribution in [0.4, 0.5) is 4.79 Å². The summed E-state index contributed by atoms with van der Waals surface area (Å²) in [6, 6.07) is 6.75. The first kappa shape index (κ1) is 19.1. The SMILES string of the molecule is C.COc1cccc2c(C(C)NC3CC3)nn(CCCNC(=O)O)c12. The maximum atomic E-state index is 10.6. The van der Waals surface area contributed by atoms with Crippen molar-refractivity contribution < 1.29 is 14.6 Å². The summed E-state index contributed by atoms with van der Waals surface area (Å²) in [5, 5.41) is 20.5. The molecule has 7 heteroatoms. The second-order valence-corrected chi connectivity index (χ2v) is 6.21. The fraction of sp³-hybridized carbons (Fsp3) is 0.556. The predicted octanol–water partition coefficient (Wildman–Crippen LogP) is 3.15. The molecule has 1 heterocycles. The molecule has 1 atom stereocenters. The Hall–Kier alpha value is -2.28. The Labute approximate surface area is 148 Å². The van der Waals surface area contributed by atoms with Crippen molar-refractivity contribution in [3.05, 3.63) is 23.9 Å². The van der Waals surface area contributed by atoms with Gasteiger partial charge >= 0.3 is 6.09 Å². The van der Waals surface area contributed by atoms with Crippen LogP contribution in [0.15, 0.2) is 18.2 Å². The molecule has 7 nitrogen and oxygen atoms in total. The van der Waals surface area contributed by atoms with E-state index in [-0.39, 0.29) is 13.5 Å². The molecule has 0 radical (unpaired) electrons. The standard InChI is InChI=1S/C17H24N4O3.CH4/c1-11(19-12-7-8-12)15-13-5-3-6-14(24-2)16(13)21(20-15)10-4-9-18-17(22)23;/h3,5-6,11-12,18-19H,4,7-10H2,1-2H3,(H,22,23);1H4. The number of amides is 1. The van der Waals surface area contributed by atoms with Crippen LogP contribution in [0.1, 0.15) is 45.3 Å². The summed E-state index contributed by atoms with van der Waals surface area (Å²) >= 11 is 0. The fourth-order valence-corrected chi connectivity index (χ4v) is 2.98. The number of hydrogen-bond acceptors (Lipinski definition) is 4. The van der Waals surface area contributed by atoms with Gasteiger partial charge in [0.2, 0.25) is 0 Å². The van der Waals surface area contributed by atoms with Gasteiger partial charge in [-0.15, -0.1) is 0 Å². The summed E-state index contributed by atoms with van der Waals surface area (Å²) in [5.74, 6) is 0.788. The lowest BCUT2D eigenvalue weighted by molar-refractivity contribution is 0.194. The number of para-hydroxylation sites is 1. The van der Waals surface area contributed by atoms with Gasteiger partial charge in [-0.05, 0) is 32.3 Å². The van der Waals surface area contributed by atoms with Crippen molar-refractivity contribution >= 4 is 17.0 Å². The lowest BCUT2D eigenvalue weighted by atomic mass is 10.1. The molecular weight excluding hydrogens is 320 g/mol. The molecule has 25 heavy (non-hydrogen) atoms. The Kier molecular flexibility index (Phi) is 6.25. The van der Waals surface area contributed by atoms with E-state index < -0.39 is 6.09 Å². The highest BCUT2D eigenvalue weighted by atomic mass is 16.5. The number of nitrogens with zero attached hydrogens (tertiary/aromatic N) is 2. The Morgan fingerprint density at radius 2 is 2.24 bits per heavy atom. The van der Waals surface area contributed by atoms with Crippen LogP contribution >= 0.6 is 0 Å². The third-order valence-electron chi connectivity index (χ3n) is 4.28. The molecular formula is C18H28N4O3. The molecule has 1 aliphatic rings. The molecule has 0 spiro atoms. The van der Waals surface area contributed by atoms with Gasteiger partial charge in [-0.3, -0.25) is 4.68 Å². The average molecular weight is 348 g/mol. The van der Waals surface area contributed by atoms with E-state index in [1.54, 1.807) is 7.11 Å². The van der Waals surface area contributed by atoms with E-state index in [9.17, 15) is 4.79 Å². The molecule has 1 aromatic heterocycles. The van der Waals surface area contributed by atoms with Gasteiger partial charge in [-0.25, -0.2) is 4.79 Å². The molecule has 1 aliphatic carbocycles. The number of aryl methyl sites for hydroxylation is 1. The molecule has 1 unspecified atom stereocenters. The first-order valence-corrected chi connectivity index (χ1v) is 8.36. The van der Waals surface area contributed by atoms with E-state index in [2.05, 4.69) is 23.6 Å². The number of carboxylic acid groups (broad SMARTS) is 1. The molecule has 1 saturated carbocycles. The van der Waals surface area contributed by atoms with E-state index >= 15 is 0 Å². The highest BCUT2D eigenvalue weighted by molar-refractivity contribution is 5.87. The number of carbonyl (C=O) groups is 1. The molecule has 0 bridgehead atoms. The van der Waals surface area contributed by atoms with E-state index in [0.717, 1.165) is 22.3 Å². The van der Waals surface area contributed by atoms with Crippen LogP contribution < -0.4 is 15.4 Å². The minimum Gasteiger partial charge on any atom is -0.494 e. The highest BCUT2D eigenvalue weighted by Crippen LogP contribution is 2.32. The van der Waals surface area contributed by atoms with E-state index in [1.165, 1.54) is 12.8 Å². The Morgan fingerprint density at radius 3 is 2.88 bits per heavy atom. The van der Waals surface area contributed by atoms with Crippen molar-refractivity contribution in [2.45, 2.75) is 52.2 Å². The number of methoxy groups -OCH3 is 1. The van der Waals surface area contributed by atoms with Gasteiger partial charge in [0.25, 0.3) is 0 Å². The lowest BCUT2D eigenvalue weighted by Crippen LogP contribution is -2.23. The van der Waals surface area contributed by atoms with Gasteiger partial charge < -0.3 is 20.5 Å². The largest absolute Gasteiger partial charge is 0.494 e. The van der Waals surface area contributed by atoms with Crippen LogP contribution in [0.2, 0.25) is 0 Å². The molecule has 1 amide bonds. The van der Waals surface area contributed by atoms with Gasteiger partial charge in [0.05, 0.1) is 12.8 Å². The van der Waals surface area contributed by atoms with Crippen molar-refractivity contribution in [2.75, 3.05) is 13.7 Å². The second kappa shape index (κ2) is 8.20. The van der Waals surface area contributed by atoms with Crippen LogP contribution in [-0.2, 0) is 6.54 Å². The molecule has 1 fully saturated rings. The van der Waals surface area contributed by atoms with Crippen LogP contribution in [0.3, 0.4) is 0 Å². The van der Waals surface area contributed by atoms with Crippen molar-refractivity contribution in [1.29, 1.82) is 0 Å². The zero-order valence-corrected chi connectivity index (χ0v) is 14.1. The zero-order valence-electron chi connectivity index (χ0n) is 14.1. The first-order chi connectivity index (χ1) is 11.6. The molecule has 1 aromatic carbocycles. The summed E-state index contributed by atoms with van der Waals surface area (Å²) in [5.41, 5.74) is 1.98. The van der Waals surface area contributed by atoms with Crippen LogP contribution in [-0.4, -0.2) is 40.7 Å². The van der Waals surface area contributed by atoms with Crippen molar-refractivity contribution in [1.82, 2.24) is 20.4 Å². The summed E-state index contributed by atoms with van der Waals surface area (Å²) in [6.45, 7) is 3.17. The third kappa shape index (κ3) is 4.42. The van der Waals surface area contributed by atoms with E-state index in [0.29, 0.717) is 25.6 Å². The smallest absolute Gasteiger partial charge is 0.404 e. The van der Waals surface area contributed by atoms with Crippen LogP contribution in [0, 0.1) is 0 Å². The number of nitrogens with one attached hydrogen (secondary N) is 2. The summed E-state index contributed by atoms with van der Waals surface area (Å²) in [7, 11) is 1.66. The molecule has 0 aliphatic heterocycles. The Bertz CT molecular complexity index is 724. The number of hydrogen-bond donors (Lipinski definition) is 3.